The quantitative estimate of drug-likeness (QED) is 0.251. The monoisotopic (exact) mass is 535 g/mol. The molecule has 204 valence electrons. The predicted octanol–water partition coefficient (Wildman–Crippen LogP) is 6.07. The summed E-state index contributed by atoms with van der Waals surface area (Å²) in [6.07, 6.45) is -8.85. The minimum absolute atomic E-state index is 0.0471. The summed E-state index contributed by atoms with van der Waals surface area (Å²) in [5, 5.41) is 3.02. The van der Waals surface area contributed by atoms with Crippen molar-refractivity contribution in [3.63, 3.8) is 0 Å². The molecule has 0 aliphatic rings. The third-order valence-corrected chi connectivity index (χ3v) is 4.48. The minimum Gasteiger partial charge on any atom is -0.462 e. The lowest BCUT2D eigenvalue weighted by atomic mass is 10.0. The molecule has 2 aromatic carbocycles. The molecular weight excluding hydrogens is 508 g/mol. The van der Waals surface area contributed by atoms with Crippen LogP contribution in [0, 0.1) is 0 Å². The number of nitrogens with one attached hydrogen (secondary N) is 1. The Morgan fingerprint density at radius 2 is 1.27 bits per heavy atom. The maximum Gasteiger partial charge on any atom is 0.416 e. The van der Waals surface area contributed by atoms with Gasteiger partial charge in [-0.05, 0) is 55.8 Å². The third-order valence-electron chi connectivity index (χ3n) is 4.48. The van der Waals surface area contributed by atoms with Gasteiger partial charge in [0.1, 0.15) is 6.29 Å². The molecule has 0 aliphatic carbocycles. The summed E-state index contributed by atoms with van der Waals surface area (Å²) in [6, 6.07) is 5.80. The van der Waals surface area contributed by atoms with Crippen molar-refractivity contribution in [3.8, 4) is 0 Å². The van der Waals surface area contributed by atoms with Gasteiger partial charge in [0.25, 0.3) is 0 Å². The smallest absolute Gasteiger partial charge is 0.416 e. The highest BCUT2D eigenvalue weighted by Gasteiger charge is 2.32. The number of ether oxygens (including phenoxy) is 2. The number of benzene rings is 2. The van der Waals surface area contributed by atoms with Crippen molar-refractivity contribution in [3.05, 3.63) is 69.8 Å². The summed E-state index contributed by atoms with van der Waals surface area (Å²) < 4.78 is 85.2. The summed E-state index contributed by atoms with van der Waals surface area (Å²) in [5.74, 6) is -1.63. The third kappa shape index (κ3) is 10.6. The molecule has 0 atom stereocenters. The fraction of sp³-hybridized carbons (Fsp3) is 0.400. The van der Waals surface area contributed by atoms with Crippen molar-refractivity contribution in [2.24, 2.45) is 0 Å². The zero-order valence-corrected chi connectivity index (χ0v) is 20.5. The van der Waals surface area contributed by atoms with E-state index >= 15 is 0 Å². The van der Waals surface area contributed by atoms with Crippen LogP contribution < -0.4 is 5.32 Å². The first kappa shape index (κ1) is 31.6. The molecule has 0 heterocycles. The molecule has 2 rings (SSSR count). The number of carbonyl (C=O) groups excluding carboxylic acids is 3. The summed E-state index contributed by atoms with van der Waals surface area (Å²) in [4.78, 5) is 33.4. The molecule has 0 aliphatic heterocycles. The van der Waals surface area contributed by atoms with Crippen LogP contribution in [-0.4, -0.2) is 37.5 Å². The van der Waals surface area contributed by atoms with E-state index in [1.165, 1.54) is 13.0 Å². The number of esters is 2. The fourth-order valence-electron chi connectivity index (χ4n) is 2.83. The van der Waals surface area contributed by atoms with Crippen LogP contribution in [0.2, 0.25) is 0 Å². The molecule has 0 saturated heterocycles. The van der Waals surface area contributed by atoms with Gasteiger partial charge in [-0.25, -0.2) is 9.59 Å². The maximum absolute atomic E-state index is 12.8. The molecule has 0 amide bonds. The Morgan fingerprint density at radius 3 is 1.68 bits per heavy atom. The molecule has 2 aromatic rings. The van der Waals surface area contributed by atoms with E-state index in [4.69, 9.17) is 4.74 Å². The van der Waals surface area contributed by atoms with E-state index in [0.717, 1.165) is 18.2 Å². The Morgan fingerprint density at radius 1 is 0.811 bits per heavy atom. The summed E-state index contributed by atoms with van der Waals surface area (Å²) in [5.41, 5.74) is -2.08. The van der Waals surface area contributed by atoms with Gasteiger partial charge in [0.2, 0.25) is 0 Å². The van der Waals surface area contributed by atoms with Gasteiger partial charge in [-0.1, -0.05) is 13.8 Å². The number of halogens is 6. The lowest BCUT2D eigenvalue weighted by molar-refractivity contribution is -0.138. The van der Waals surface area contributed by atoms with Gasteiger partial charge in [-0.15, -0.1) is 0 Å². The van der Waals surface area contributed by atoms with Gasteiger partial charge >= 0.3 is 24.3 Å². The Balaban J connectivity index is 0.000000375. The second-order valence-electron chi connectivity index (χ2n) is 7.85. The molecule has 0 radical (unpaired) electrons. The van der Waals surface area contributed by atoms with Crippen LogP contribution in [0.4, 0.5) is 26.3 Å². The van der Waals surface area contributed by atoms with Crippen LogP contribution in [0.1, 0.15) is 75.5 Å². The van der Waals surface area contributed by atoms with Crippen molar-refractivity contribution in [2.45, 2.75) is 52.6 Å². The van der Waals surface area contributed by atoms with E-state index in [1.807, 2.05) is 13.8 Å². The molecular formula is C25H27F6NO5. The Bertz CT molecular complexity index is 1080. The van der Waals surface area contributed by atoms with E-state index in [0.29, 0.717) is 17.7 Å². The molecule has 0 unspecified atom stereocenters. The minimum atomic E-state index is -4.61. The Hall–Kier alpha value is -3.41. The summed E-state index contributed by atoms with van der Waals surface area (Å²) >= 11 is 0. The molecule has 12 heteroatoms. The maximum atomic E-state index is 12.8. The van der Waals surface area contributed by atoms with E-state index in [2.05, 4.69) is 10.1 Å². The van der Waals surface area contributed by atoms with Crippen LogP contribution in [0.15, 0.2) is 36.4 Å². The molecule has 6 nitrogen and oxygen atoms in total. The average molecular weight is 535 g/mol. The molecule has 0 spiro atoms. The first-order chi connectivity index (χ1) is 17.1. The molecule has 1 N–H and O–H groups in total. The first-order valence-corrected chi connectivity index (χ1v) is 11.1. The van der Waals surface area contributed by atoms with Crippen LogP contribution >= 0.6 is 0 Å². The van der Waals surface area contributed by atoms with Crippen molar-refractivity contribution in [1.82, 2.24) is 5.32 Å². The zero-order valence-electron chi connectivity index (χ0n) is 20.5. The van der Waals surface area contributed by atoms with E-state index in [-0.39, 0.29) is 48.8 Å². The van der Waals surface area contributed by atoms with Crippen LogP contribution in [0.3, 0.4) is 0 Å². The van der Waals surface area contributed by atoms with Crippen LogP contribution in [0.25, 0.3) is 0 Å². The highest BCUT2D eigenvalue weighted by molar-refractivity contribution is 5.92. The van der Waals surface area contributed by atoms with Gasteiger partial charge in [-0.3, -0.25) is 4.79 Å². The van der Waals surface area contributed by atoms with Gasteiger partial charge in [0.05, 0.1) is 35.5 Å². The topological polar surface area (TPSA) is 81.7 Å². The van der Waals surface area contributed by atoms with Gasteiger partial charge < -0.3 is 14.8 Å². The number of hydrogen-bond acceptors (Lipinski definition) is 6. The van der Waals surface area contributed by atoms with E-state index < -0.39 is 35.4 Å². The number of alkyl halides is 6. The first-order valence-electron chi connectivity index (χ1n) is 11.1. The van der Waals surface area contributed by atoms with E-state index in [9.17, 15) is 40.7 Å². The molecule has 0 saturated carbocycles. The summed E-state index contributed by atoms with van der Waals surface area (Å²) in [7, 11) is 0. The largest absolute Gasteiger partial charge is 0.462 e. The highest BCUT2D eigenvalue weighted by Crippen LogP contribution is 2.31. The Kier molecular flexibility index (Phi) is 11.8. The number of rotatable bonds is 8. The average Bonchev–Trinajstić information content (AvgIpc) is 2.81. The highest BCUT2D eigenvalue weighted by atomic mass is 19.4. The van der Waals surface area contributed by atoms with Crippen LogP contribution in [0.5, 0.6) is 0 Å². The molecule has 37 heavy (non-hydrogen) atoms. The molecule has 0 fully saturated rings. The van der Waals surface area contributed by atoms with Crippen molar-refractivity contribution < 1.29 is 50.2 Å². The second kappa shape index (κ2) is 13.8. The van der Waals surface area contributed by atoms with Gasteiger partial charge in [0, 0.05) is 18.2 Å². The zero-order chi connectivity index (χ0) is 28.4. The number of aldehydes is 1. The standard InChI is InChI=1S/C14H18F3NO2.C11H9F3O3/c1-4-20-13(19)11-5-10(8-18-9(2)3)6-12(7-11)14(15,16)17;1-2-17-10(16)8-3-7(6-15)4-9(5-8)11(12,13)14/h5-7,9,18H,4,8H2,1-3H3;3-6H,2H2,1H3. The normalized spacial score (nSPS) is 11.4. The second-order valence-corrected chi connectivity index (χ2v) is 7.85. The van der Waals surface area contributed by atoms with Gasteiger partial charge in [-0.2, -0.15) is 26.3 Å². The van der Waals surface area contributed by atoms with Gasteiger partial charge in [0.15, 0.2) is 0 Å². The van der Waals surface area contributed by atoms with Crippen molar-refractivity contribution in [2.75, 3.05) is 13.2 Å². The lowest BCUT2D eigenvalue weighted by Crippen LogP contribution is -2.22. The fourth-order valence-corrected chi connectivity index (χ4v) is 2.83. The lowest BCUT2D eigenvalue weighted by Gasteiger charge is -2.13. The predicted molar refractivity (Wildman–Crippen MR) is 122 cm³/mol. The molecule has 0 aromatic heterocycles. The van der Waals surface area contributed by atoms with Crippen molar-refractivity contribution in [1.29, 1.82) is 0 Å². The Labute approximate surface area is 209 Å². The van der Waals surface area contributed by atoms with E-state index in [1.54, 1.807) is 6.92 Å². The SMILES string of the molecule is CCOC(=O)c1cc(C=O)cc(C(F)(F)F)c1.CCOC(=O)c1cc(CNC(C)C)cc(C(F)(F)F)c1. The molecule has 0 bridgehead atoms. The van der Waals surface area contributed by atoms with Crippen LogP contribution in [-0.2, 0) is 28.4 Å². The van der Waals surface area contributed by atoms with Crippen molar-refractivity contribution >= 4 is 18.2 Å². The number of carbonyl (C=O) groups is 3. The summed E-state index contributed by atoms with van der Waals surface area (Å²) in [6.45, 7) is 7.34. The number of hydrogen-bond donors (Lipinski definition) is 1.